The number of nitrogens with one attached hydrogen (secondary N) is 3. The molecular formula is C27H30N4O3. The molecule has 7 heteroatoms. The summed E-state index contributed by atoms with van der Waals surface area (Å²) >= 11 is 0. The second kappa shape index (κ2) is 10.7. The summed E-state index contributed by atoms with van der Waals surface area (Å²) in [6.07, 6.45) is 2.20. The molecule has 3 aromatic carbocycles. The summed E-state index contributed by atoms with van der Waals surface area (Å²) in [5, 5.41) is 8.73. The average molecular weight is 459 g/mol. The van der Waals surface area contributed by atoms with E-state index in [0.717, 1.165) is 37.2 Å². The molecule has 0 spiro atoms. The van der Waals surface area contributed by atoms with Crippen molar-refractivity contribution in [1.29, 1.82) is 0 Å². The molecule has 3 amide bonds. The lowest BCUT2D eigenvalue weighted by atomic mass is 10.1. The lowest BCUT2D eigenvalue weighted by molar-refractivity contribution is 0.0940. The fraction of sp³-hybridized carbons (Fsp3) is 0.259. The van der Waals surface area contributed by atoms with Crippen molar-refractivity contribution < 1.29 is 14.3 Å². The Bertz CT molecular complexity index is 1140. The number of carbonyl (C=O) groups is 2. The maximum atomic E-state index is 13.3. The van der Waals surface area contributed by atoms with Gasteiger partial charge in [-0.2, -0.15) is 0 Å². The highest BCUT2D eigenvalue weighted by Crippen LogP contribution is 2.28. The normalized spacial score (nSPS) is 13.8. The Morgan fingerprint density at radius 2 is 1.59 bits per heavy atom. The standard InChI is InChI=1S/C27H30N4O3/c1-19(20-9-4-3-5-10-20)28-26(32)24-18-22(13-14-25(24)31-15-6-7-16-31)30-27(33)29-21-11-8-12-23(17-21)34-2/h3-5,8-14,17-19H,6-7,15-16H2,1-2H3,(H,28,32)(H2,29,30,33). The van der Waals surface area contributed by atoms with E-state index in [2.05, 4.69) is 20.9 Å². The molecule has 0 bridgehead atoms. The zero-order chi connectivity index (χ0) is 23.9. The Morgan fingerprint density at radius 3 is 2.29 bits per heavy atom. The molecule has 4 rings (SSSR count). The smallest absolute Gasteiger partial charge is 0.323 e. The van der Waals surface area contributed by atoms with E-state index in [9.17, 15) is 9.59 Å². The molecule has 7 nitrogen and oxygen atoms in total. The Hall–Kier alpha value is -4.00. The first-order valence-electron chi connectivity index (χ1n) is 11.5. The largest absolute Gasteiger partial charge is 0.497 e. The van der Waals surface area contributed by atoms with Crippen LogP contribution in [0.3, 0.4) is 0 Å². The van der Waals surface area contributed by atoms with Crippen molar-refractivity contribution in [3.8, 4) is 5.75 Å². The number of amides is 3. The number of rotatable bonds is 7. The quantitative estimate of drug-likeness (QED) is 0.441. The molecule has 1 fully saturated rings. The molecule has 0 aromatic heterocycles. The van der Waals surface area contributed by atoms with Gasteiger partial charge in [0, 0.05) is 36.2 Å². The number of ether oxygens (including phenoxy) is 1. The highest BCUT2D eigenvalue weighted by atomic mass is 16.5. The van der Waals surface area contributed by atoms with Gasteiger partial charge in [-0.1, -0.05) is 36.4 Å². The predicted molar refractivity (Wildman–Crippen MR) is 136 cm³/mol. The molecule has 176 valence electrons. The number of hydrogen-bond donors (Lipinski definition) is 3. The summed E-state index contributed by atoms with van der Waals surface area (Å²) in [5.41, 5.74) is 3.62. The number of hydrogen-bond acceptors (Lipinski definition) is 4. The van der Waals surface area contributed by atoms with Crippen molar-refractivity contribution >= 4 is 29.0 Å². The fourth-order valence-corrected chi connectivity index (χ4v) is 4.12. The first-order valence-corrected chi connectivity index (χ1v) is 11.5. The SMILES string of the molecule is COc1cccc(NC(=O)Nc2ccc(N3CCCC3)c(C(=O)NC(C)c3ccccc3)c2)c1. The van der Waals surface area contributed by atoms with Gasteiger partial charge in [-0.3, -0.25) is 4.79 Å². The monoisotopic (exact) mass is 458 g/mol. The minimum atomic E-state index is -0.397. The van der Waals surface area contributed by atoms with E-state index in [1.165, 1.54) is 0 Å². The zero-order valence-electron chi connectivity index (χ0n) is 19.5. The summed E-state index contributed by atoms with van der Waals surface area (Å²) in [4.78, 5) is 28.1. The van der Waals surface area contributed by atoms with E-state index in [1.54, 1.807) is 31.4 Å². The van der Waals surface area contributed by atoms with Gasteiger partial charge in [-0.05, 0) is 55.7 Å². The van der Waals surface area contributed by atoms with Gasteiger partial charge in [0.1, 0.15) is 5.75 Å². The molecule has 3 aromatic rings. The molecule has 1 saturated heterocycles. The first kappa shape index (κ1) is 23.2. The molecule has 0 radical (unpaired) electrons. The van der Waals surface area contributed by atoms with Gasteiger partial charge in [-0.25, -0.2) is 4.79 Å². The number of nitrogens with zero attached hydrogens (tertiary/aromatic N) is 1. The van der Waals surface area contributed by atoms with Crippen molar-refractivity contribution in [2.24, 2.45) is 0 Å². The molecule has 3 N–H and O–H groups in total. The summed E-state index contributed by atoms with van der Waals surface area (Å²) in [6.45, 7) is 3.79. The van der Waals surface area contributed by atoms with Gasteiger partial charge < -0.3 is 25.6 Å². The summed E-state index contributed by atoms with van der Waals surface area (Å²) in [6, 6.07) is 21.9. The molecule has 0 aliphatic carbocycles. The minimum Gasteiger partial charge on any atom is -0.497 e. The summed E-state index contributed by atoms with van der Waals surface area (Å²) in [5.74, 6) is 0.481. The maximum Gasteiger partial charge on any atom is 0.323 e. The fourth-order valence-electron chi connectivity index (χ4n) is 4.12. The topological polar surface area (TPSA) is 82.7 Å². The van der Waals surface area contributed by atoms with Crippen LogP contribution in [0.25, 0.3) is 0 Å². The molecule has 1 unspecified atom stereocenters. The van der Waals surface area contributed by atoms with Crippen LogP contribution in [0, 0.1) is 0 Å². The third-order valence-electron chi connectivity index (χ3n) is 5.92. The van der Waals surface area contributed by atoms with E-state index in [-0.39, 0.29) is 11.9 Å². The van der Waals surface area contributed by atoms with Crippen LogP contribution in [-0.2, 0) is 0 Å². The van der Waals surface area contributed by atoms with Crippen molar-refractivity contribution in [1.82, 2.24) is 5.32 Å². The second-order valence-corrected chi connectivity index (χ2v) is 8.34. The molecule has 1 heterocycles. The van der Waals surface area contributed by atoms with Gasteiger partial charge in [0.25, 0.3) is 5.91 Å². The van der Waals surface area contributed by atoms with Crippen molar-refractivity contribution in [3.63, 3.8) is 0 Å². The number of anilines is 3. The number of benzene rings is 3. The van der Waals surface area contributed by atoms with Gasteiger partial charge in [0.05, 0.1) is 18.7 Å². The highest BCUT2D eigenvalue weighted by Gasteiger charge is 2.22. The third-order valence-corrected chi connectivity index (χ3v) is 5.92. The van der Waals surface area contributed by atoms with Crippen LogP contribution in [0.1, 0.15) is 41.7 Å². The van der Waals surface area contributed by atoms with Gasteiger partial charge in [0.15, 0.2) is 0 Å². The molecule has 0 saturated carbocycles. The highest BCUT2D eigenvalue weighted by molar-refractivity contribution is 6.04. The Kier molecular flexibility index (Phi) is 7.32. The summed E-state index contributed by atoms with van der Waals surface area (Å²) < 4.78 is 5.20. The second-order valence-electron chi connectivity index (χ2n) is 8.34. The lowest BCUT2D eigenvalue weighted by Crippen LogP contribution is -2.30. The van der Waals surface area contributed by atoms with E-state index in [0.29, 0.717) is 22.7 Å². The van der Waals surface area contributed by atoms with E-state index in [1.807, 2.05) is 55.5 Å². The number of urea groups is 1. The van der Waals surface area contributed by atoms with Crippen LogP contribution in [-0.4, -0.2) is 32.1 Å². The summed E-state index contributed by atoms with van der Waals surface area (Å²) in [7, 11) is 1.58. The number of methoxy groups -OCH3 is 1. The third kappa shape index (κ3) is 5.67. The first-order chi connectivity index (χ1) is 16.5. The Balaban J connectivity index is 1.53. The zero-order valence-corrected chi connectivity index (χ0v) is 19.5. The number of carbonyl (C=O) groups excluding carboxylic acids is 2. The predicted octanol–water partition coefficient (Wildman–Crippen LogP) is 5.43. The average Bonchev–Trinajstić information content (AvgIpc) is 3.39. The molecule has 1 atom stereocenters. The van der Waals surface area contributed by atoms with Crippen molar-refractivity contribution in [2.75, 3.05) is 35.7 Å². The van der Waals surface area contributed by atoms with E-state index >= 15 is 0 Å². The Labute approximate surface area is 200 Å². The van der Waals surface area contributed by atoms with E-state index in [4.69, 9.17) is 4.74 Å². The van der Waals surface area contributed by atoms with Crippen LogP contribution in [0.15, 0.2) is 72.8 Å². The van der Waals surface area contributed by atoms with Crippen molar-refractivity contribution in [3.05, 3.63) is 83.9 Å². The van der Waals surface area contributed by atoms with Gasteiger partial charge in [-0.15, -0.1) is 0 Å². The Morgan fingerprint density at radius 1 is 0.882 bits per heavy atom. The minimum absolute atomic E-state index is 0.145. The lowest BCUT2D eigenvalue weighted by Gasteiger charge is -2.23. The van der Waals surface area contributed by atoms with Crippen LogP contribution in [0.5, 0.6) is 5.75 Å². The van der Waals surface area contributed by atoms with Crippen LogP contribution >= 0.6 is 0 Å². The van der Waals surface area contributed by atoms with Gasteiger partial charge >= 0.3 is 6.03 Å². The maximum absolute atomic E-state index is 13.3. The molecule has 34 heavy (non-hydrogen) atoms. The van der Waals surface area contributed by atoms with Gasteiger partial charge in [0.2, 0.25) is 0 Å². The van der Waals surface area contributed by atoms with Crippen LogP contribution in [0.4, 0.5) is 21.9 Å². The van der Waals surface area contributed by atoms with Crippen LogP contribution in [0.2, 0.25) is 0 Å². The van der Waals surface area contributed by atoms with Crippen molar-refractivity contribution in [2.45, 2.75) is 25.8 Å². The van der Waals surface area contributed by atoms with E-state index < -0.39 is 6.03 Å². The molecular weight excluding hydrogens is 428 g/mol. The molecule has 1 aliphatic heterocycles. The van der Waals surface area contributed by atoms with Crippen LogP contribution < -0.4 is 25.6 Å². The molecule has 1 aliphatic rings.